The molecule has 1 aromatic heterocycles. The summed E-state index contributed by atoms with van der Waals surface area (Å²) in [6.07, 6.45) is 5.10. The molecule has 1 fully saturated rings. The van der Waals surface area contributed by atoms with Gasteiger partial charge in [-0.2, -0.15) is 0 Å². The van der Waals surface area contributed by atoms with E-state index in [2.05, 4.69) is 26.9 Å². The van der Waals surface area contributed by atoms with Crippen LogP contribution in [0.25, 0.3) is 6.08 Å². The van der Waals surface area contributed by atoms with Gasteiger partial charge in [-0.15, -0.1) is 0 Å². The minimum Gasteiger partial charge on any atom is -0.507 e. The first-order valence-electron chi connectivity index (χ1n) is 9.72. The van der Waals surface area contributed by atoms with Crippen LogP contribution >= 0.6 is 0 Å². The summed E-state index contributed by atoms with van der Waals surface area (Å²) in [4.78, 5) is 21.3. The molecule has 3 aromatic rings. The van der Waals surface area contributed by atoms with Crippen molar-refractivity contribution in [3.8, 4) is 5.75 Å². The van der Waals surface area contributed by atoms with Crippen LogP contribution in [0.4, 0.5) is 11.5 Å². The van der Waals surface area contributed by atoms with Crippen LogP contribution in [0.2, 0.25) is 0 Å². The zero-order chi connectivity index (χ0) is 20.1. The third-order valence-electron chi connectivity index (χ3n) is 5.11. The number of allylic oxidation sites excluding steroid dienone is 1. The number of benzene rings is 2. The molecule has 0 spiro atoms. The number of pyridine rings is 1. The molecule has 1 aliphatic heterocycles. The smallest absolute Gasteiger partial charge is 0.189 e. The van der Waals surface area contributed by atoms with Gasteiger partial charge in [-0.1, -0.05) is 36.4 Å². The van der Waals surface area contributed by atoms with E-state index in [0.717, 1.165) is 37.6 Å². The molecule has 5 heteroatoms. The van der Waals surface area contributed by atoms with Gasteiger partial charge in [-0.05, 0) is 48.0 Å². The Morgan fingerprint density at radius 1 is 0.862 bits per heavy atom. The predicted octanol–water partition coefficient (Wildman–Crippen LogP) is 4.01. The van der Waals surface area contributed by atoms with Gasteiger partial charge < -0.3 is 14.9 Å². The zero-order valence-corrected chi connectivity index (χ0v) is 16.1. The number of phenols is 1. The monoisotopic (exact) mass is 385 g/mol. The van der Waals surface area contributed by atoms with Crippen LogP contribution in [0.1, 0.15) is 15.9 Å². The summed E-state index contributed by atoms with van der Waals surface area (Å²) in [7, 11) is 0. The van der Waals surface area contributed by atoms with Crippen LogP contribution in [0.5, 0.6) is 5.75 Å². The minimum atomic E-state index is -0.210. The van der Waals surface area contributed by atoms with Crippen molar-refractivity contribution in [2.24, 2.45) is 0 Å². The van der Waals surface area contributed by atoms with Crippen LogP contribution < -0.4 is 9.80 Å². The van der Waals surface area contributed by atoms with Crippen molar-refractivity contribution in [3.05, 3.63) is 90.1 Å². The molecule has 1 aliphatic rings. The maximum atomic E-state index is 12.2. The van der Waals surface area contributed by atoms with Crippen LogP contribution in [0.15, 0.2) is 79.0 Å². The lowest BCUT2D eigenvalue weighted by Gasteiger charge is -2.36. The summed E-state index contributed by atoms with van der Waals surface area (Å²) in [5.74, 6) is 0.821. The number of para-hydroxylation sites is 1. The summed E-state index contributed by atoms with van der Waals surface area (Å²) < 4.78 is 0. The summed E-state index contributed by atoms with van der Waals surface area (Å²) >= 11 is 0. The quantitative estimate of drug-likeness (QED) is 0.531. The van der Waals surface area contributed by atoms with Gasteiger partial charge >= 0.3 is 0 Å². The molecule has 2 aromatic carbocycles. The molecule has 1 saturated heterocycles. The van der Waals surface area contributed by atoms with Gasteiger partial charge in [0.2, 0.25) is 0 Å². The molecule has 0 radical (unpaired) electrons. The van der Waals surface area contributed by atoms with E-state index < -0.39 is 0 Å². The van der Waals surface area contributed by atoms with E-state index in [4.69, 9.17) is 0 Å². The number of rotatable bonds is 5. The molecule has 146 valence electrons. The van der Waals surface area contributed by atoms with Gasteiger partial charge in [0.1, 0.15) is 11.6 Å². The Hall–Kier alpha value is -3.60. The Balaban J connectivity index is 1.36. The van der Waals surface area contributed by atoms with E-state index in [1.54, 1.807) is 24.3 Å². The number of piperazine rings is 1. The third kappa shape index (κ3) is 4.46. The zero-order valence-electron chi connectivity index (χ0n) is 16.1. The summed E-state index contributed by atoms with van der Waals surface area (Å²) in [5.41, 5.74) is 2.44. The molecular weight excluding hydrogens is 362 g/mol. The highest BCUT2D eigenvalue weighted by Crippen LogP contribution is 2.21. The van der Waals surface area contributed by atoms with E-state index in [1.165, 1.54) is 17.8 Å². The predicted molar refractivity (Wildman–Crippen MR) is 117 cm³/mol. The highest BCUT2D eigenvalue weighted by atomic mass is 16.3. The van der Waals surface area contributed by atoms with Gasteiger partial charge in [0.25, 0.3) is 0 Å². The van der Waals surface area contributed by atoms with E-state index in [1.807, 2.05) is 36.5 Å². The highest BCUT2D eigenvalue weighted by Gasteiger charge is 2.18. The fourth-order valence-electron chi connectivity index (χ4n) is 3.47. The molecule has 0 saturated carbocycles. The summed E-state index contributed by atoms with van der Waals surface area (Å²) in [6.45, 7) is 3.76. The first-order valence-corrected chi connectivity index (χ1v) is 9.72. The Labute approximate surface area is 170 Å². The summed E-state index contributed by atoms with van der Waals surface area (Å²) in [6, 6.07) is 20.8. The van der Waals surface area contributed by atoms with E-state index in [-0.39, 0.29) is 11.5 Å². The highest BCUT2D eigenvalue weighted by molar-refractivity contribution is 6.08. The van der Waals surface area contributed by atoms with Gasteiger partial charge in [0, 0.05) is 38.1 Å². The van der Waals surface area contributed by atoms with Crippen molar-refractivity contribution in [1.29, 1.82) is 0 Å². The number of carbonyl (C=O) groups is 1. The lowest BCUT2D eigenvalue weighted by Crippen LogP contribution is -2.46. The molecule has 1 N–H and O–H groups in total. The topological polar surface area (TPSA) is 56.7 Å². The van der Waals surface area contributed by atoms with Crippen LogP contribution in [-0.2, 0) is 0 Å². The van der Waals surface area contributed by atoms with E-state index in [9.17, 15) is 9.90 Å². The summed E-state index contributed by atoms with van der Waals surface area (Å²) in [5, 5.41) is 9.78. The Bertz CT molecular complexity index is 992. The second-order valence-corrected chi connectivity index (χ2v) is 6.97. The van der Waals surface area contributed by atoms with Crippen molar-refractivity contribution in [3.63, 3.8) is 0 Å². The number of hydrogen-bond donors (Lipinski definition) is 1. The number of nitrogens with zero attached hydrogens (tertiary/aromatic N) is 3. The number of ketones is 1. The second-order valence-electron chi connectivity index (χ2n) is 6.97. The van der Waals surface area contributed by atoms with Crippen molar-refractivity contribution in [1.82, 2.24) is 4.98 Å². The molecule has 0 atom stereocenters. The Morgan fingerprint density at radius 2 is 1.55 bits per heavy atom. The fraction of sp³-hybridized carbons (Fsp3) is 0.167. The van der Waals surface area contributed by atoms with Crippen molar-refractivity contribution in [2.75, 3.05) is 36.0 Å². The van der Waals surface area contributed by atoms with E-state index >= 15 is 0 Å². The van der Waals surface area contributed by atoms with Crippen LogP contribution in [-0.4, -0.2) is 42.1 Å². The number of aromatic hydroxyl groups is 1. The first kappa shape index (κ1) is 18.7. The molecule has 4 rings (SSSR count). The molecule has 0 amide bonds. The largest absolute Gasteiger partial charge is 0.507 e. The minimum absolute atomic E-state index is 0.00217. The van der Waals surface area contributed by atoms with Crippen molar-refractivity contribution in [2.45, 2.75) is 0 Å². The SMILES string of the molecule is O=C(/C=C/c1ccc(N2CCN(c3ccccn3)CC2)cc1)c1ccccc1O. The fourth-order valence-corrected chi connectivity index (χ4v) is 3.47. The lowest BCUT2D eigenvalue weighted by molar-refractivity contribution is 0.104. The second kappa shape index (κ2) is 8.61. The van der Waals surface area contributed by atoms with Gasteiger partial charge in [-0.3, -0.25) is 4.79 Å². The van der Waals surface area contributed by atoms with Crippen molar-refractivity contribution >= 4 is 23.4 Å². The Kier molecular flexibility index (Phi) is 5.56. The lowest BCUT2D eigenvalue weighted by atomic mass is 10.1. The number of phenolic OH excluding ortho intramolecular Hbond substituents is 1. The molecular formula is C24H23N3O2. The molecule has 5 nitrogen and oxygen atoms in total. The number of aromatic nitrogens is 1. The first-order chi connectivity index (χ1) is 14.2. The average molecular weight is 385 g/mol. The maximum absolute atomic E-state index is 12.2. The maximum Gasteiger partial charge on any atom is 0.189 e. The van der Waals surface area contributed by atoms with Crippen LogP contribution in [0.3, 0.4) is 0 Å². The number of carbonyl (C=O) groups excluding carboxylic acids is 1. The molecule has 0 bridgehead atoms. The van der Waals surface area contributed by atoms with Crippen LogP contribution in [0, 0.1) is 0 Å². The average Bonchev–Trinajstić information content (AvgIpc) is 2.79. The molecule has 0 unspecified atom stereocenters. The standard InChI is InChI=1S/C24H23N3O2/c28-22-6-2-1-5-21(22)23(29)13-10-19-8-11-20(12-9-19)26-15-17-27(18-16-26)24-7-3-4-14-25-24/h1-14,28H,15-18H2/b13-10+. The van der Waals surface area contributed by atoms with Gasteiger partial charge in [-0.25, -0.2) is 4.98 Å². The number of anilines is 2. The normalized spacial score (nSPS) is 14.3. The van der Waals surface area contributed by atoms with Crippen molar-refractivity contribution < 1.29 is 9.90 Å². The molecule has 0 aliphatic carbocycles. The van der Waals surface area contributed by atoms with Gasteiger partial charge in [0.05, 0.1) is 5.56 Å². The third-order valence-corrected chi connectivity index (χ3v) is 5.11. The van der Waals surface area contributed by atoms with Gasteiger partial charge in [0.15, 0.2) is 5.78 Å². The molecule has 29 heavy (non-hydrogen) atoms. The molecule has 2 heterocycles. The Morgan fingerprint density at radius 3 is 2.24 bits per heavy atom. The number of hydrogen-bond acceptors (Lipinski definition) is 5. The van der Waals surface area contributed by atoms with E-state index in [0.29, 0.717) is 5.56 Å².